The molecule has 0 spiro atoms. The zero-order valence-corrected chi connectivity index (χ0v) is 43.0. The number of rotatable bonds is 11. The second-order valence-corrected chi connectivity index (χ2v) is 20.6. The minimum atomic E-state index is -1.60. The third-order valence-electron chi connectivity index (χ3n) is 15.2. The van der Waals surface area contributed by atoms with E-state index < -0.39 is 119 Å². The fourth-order valence-electron chi connectivity index (χ4n) is 11.7. The number of terminal acetylenes is 1. The molecule has 380 valence electrons. The molecule has 0 aromatic heterocycles. The van der Waals surface area contributed by atoms with Crippen LogP contribution in [0.4, 0.5) is 0 Å². The van der Waals surface area contributed by atoms with Gasteiger partial charge in [0.05, 0.1) is 54.3 Å². The number of cyclic esters (lactones) is 1. The Bertz CT molecular complexity index is 1810. The molecule has 0 aromatic carbocycles. The van der Waals surface area contributed by atoms with Crippen molar-refractivity contribution in [2.75, 3.05) is 27.3 Å². The van der Waals surface area contributed by atoms with Crippen LogP contribution in [0.2, 0.25) is 0 Å². The minimum Gasteiger partial charge on any atom is -0.459 e. The molecule has 67 heavy (non-hydrogen) atoms. The van der Waals surface area contributed by atoms with Crippen LogP contribution in [0.25, 0.3) is 0 Å². The van der Waals surface area contributed by atoms with Gasteiger partial charge in [-0.15, -0.1) is 12.3 Å². The molecule has 4 aliphatic heterocycles. The average Bonchev–Trinajstić information content (AvgIpc) is 3.25. The highest BCUT2D eigenvalue weighted by molar-refractivity contribution is 5.89. The van der Waals surface area contributed by atoms with Crippen LogP contribution < -0.4 is 0 Å². The Morgan fingerprint density at radius 1 is 0.970 bits per heavy atom. The van der Waals surface area contributed by atoms with Crippen LogP contribution in [0.3, 0.4) is 0 Å². The van der Waals surface area contributed by atoms with E-state index in [1.54, 1.807) is 21.0 Å². The van der Waals surface area contributed by atoms with E-state index in [9.17, 15) is 19.5 Å². The quantitative estimate of drug-likeness (QED) is 0.0585. The molecule has 4 fully saturated rings. The van der Waals surface area contributed by atoms with Crippen molar-refractivity contribution < 1.29 is 67.0 Å². The third kappa shape index (κ3) is 13.3. The van der Waals surface area contributed by atoms with E-state index in [2.05, 4.69) is 22.6 Å². The van der Waals surface area contributed by atoms with Crippen molar-refractivity contribution in [2.24, 2.45) is 40.7 Å². The third-order valence-corrected chi connectivity index (χ3v) is 15.2. The van der Waals surface area contributed by atoms with Gasteiger partial charge in [0, 0.05) is 65.0 Å². The smallest absolute Gasteiger partial charge is 0.331 e. The van der Waals surface area contributed by atoms with Crippen molar-refractivity contribution >= 4 is 29.6 Å². The van der Waals surface area contributed by atoms with Crippen LogP contribution in [-0.2, 0) is 61.9 Å². The van der Waals surface area contributed by atoms with Crippen LogP contribution in [-0.4, -0.2) is 139 Å². The number of aliphatic hydroxyl groups is 1. The van der Waals surface area contributed by atoms with Crippen molar-refractivity contribution in [3.05, 3.63) is 12.2 Å². The topological polar surface area (TPSA) is 187 Å². The predicted octanol–water partition coefficient (Wildman–Crippen LogP) is 6.57. The summed E-state index contributed by atoms with van der Waals surface area (Å²) in [6.07, 6.45) is 1.69. The molecule has 0 aromatic rings. The predicted molar refractivity (Wildman–Crippen MR) is 250 cm³/mol. The minimum absolute atomic E-state index is 0.109. The molecule has 10 unspecified atom stereocenters. The van der Waals surface area contributed by atoms with Gasteiger partial charge in [0.15, 0.2) is 18.5 Å². The van der Waals surface area contributed by atoms with Crippen molar-refractivity contribution in [3.63, 3.8) is 0 Å². The highest BCUT2D eigenvalue weighted by Gasteiger charge is 2.57. The van der Waals surface area contributed by atoms with E-state index in [0.717, 1.165) is 5.57 Å². The first kappa shape index (κ1) is 56.2. The fourth-order valence-corrected chi connectivity index (χ4v) is 11.7. The molecule has 18 atom stereocenters. The number of oxime groups is 1. The van der Waals surface area contributed by atoms with Gasteiger partial charge in [-0.3, -0.25) is 19.3 Å². The maximum absolute atomic E-state index is 15.1. The number of likely N-dealkylation sites (N-methyl/N-ethyl adjacent to an activating group) is 1. The summed E-state index contributed by atoms with van der Waals surface area (Å²) in [5.74, 6) is -3.29. The highest BCUT2D eigenvalue weighted by Crippen LogP contribution is 2.48. The molecular formula is C51H82N2O14. The summed E-state index contributed by atoms with van der Waals surface area (Å²) >= 11 is 0. The number of ether oxygens (including phenoxy) is 8. The second kappa shape index (κ2) is 23.5. The Hall–Kier alpha value is -3.43. The lowest BCUT2D eigenvalue weighted by molar-refractivity contribution is -0.308. The van der Waals surface area contributed by atoms with E-state index >= 15 is 4.79 Å². The molecule has 4 rings (SSSR count). The number of carbonyl (C=O) groups excluding carboxylic acids is 4. The standard InChI is InChI=1S/C51H82N2O14/c1-18-20-23-53(16)39-24-30(5)61-48(44(39)63-35(10)54)66-45-32(7)42(40-26-49(13,59-17)46(34(9)62-40)64-36(11)55)33(8)47(57)65-41(19-2)51(15,58)38-22-21-28(3)27-60-50(45,14)25-29(4)43(31(38)6)52-67-37(12)56/h1,29-34,38-42,44-46,48,58H,3,19-27H2,2,4-17H3/b52-43+/t29-,30?,31?,32+,33?,34?,38?,39?,40?,41?,42+,44-,45-,46?,48?,49-,50-,51+/m1/s1. The van der Waals surface area contributed by atoms with E-state index in [0.29, 0.717) is 37.9 Å². The van der Waals surface area contributed by atoms with Gasteiger partial charge in [0.25, 0.3) is 0 Å². The molecule has 2 bridgehead atoms. The van der Waals surface area contributed by atoms with Crippen molar-refractivity contribution in [3.8, 4) is 12.3 Å². The van der Waals surface area contributed by atoms with Crippen molar-refractivity contribution in [1.82, 2.24) is 4.90 Å². The van der Waals surface area contributed by atoms with Crippen LogP contribution >= 0.6 is 0 Å². The number of nitrogens with zero attached hydrogens (tertiary/aromatic N) is 2. The number of fused-ring (bicyclic) bond motifs is 5. The van der Waals surface area contributed by atoms with Crippen molar-refractivity contribution in [2.45, 2.75) is 207 Å². The van der Waals surface area contributed by atoms with E-state index in [-0.39, 0.29) is 38.0 Å². The summed E-state index contributed by atoms with van der Waals surface area (Å²) in [4.78, 5) is 60.4. The van der Waals surface area contributed by atoms with E-state index in [4.69, 9.17) is 49.2 Å². The molecule has 0 aliphatic carbocycles. The molecule has 0 radical (unpaired) electrons. The lowest BCUT2D eigenvalue weighted by Gasteiger charge is -2.53. The molecule has 16 heteroatoms. The normalized spacial score (nSPS) is 42.0. The monoisotopic (exact) mass is 947 g/mol. The second-order valence-electron chi connectivity index (χ2n) is 20.6. The highest BCUT2D eigenvalue weighted by atomic mass is 16.7. The number of methoxy groups -OCH3 is 1. The van der Waals surface area contributed by atoms with Gasteiger partial charge in [-0.05, 0) is 85.6 Å². The van der Waals surface area contributed by atoms with Crippen LogP contribution in [0.15, 0.2) is 17.3 Å². The maximum atomic E-state index is 15.1. The number of carbonyl (C=O) groups is 4. The molecule has 1 N–H and O–H groups in total. The summed E-state index contributed by atoms with van der Waals surface area (Å²) in [7, 11) is 3.49. The Morgan fingerprint density at radius 2 is 1.63 bits per heavy atom. The Kier molecular flexibility index (Phi) is 19.7. The van der Waals surface area contributed by atoms with Crippen molar-refractivity contribution in [1.29, 1.82) is 0 Å². The number of hydrogen-bond acceptors (Lipinski definition) is 16. The first-order valence-corrected chi connectivity index (χ1v) is 24.2. The van der Waals surface area contributed by atoms with E-state index in [1.165, 1.54) is 20.8 Å². The number of esters is 3. The fraction of sp³-hybridized carbons (Fsp3) is 0.824. The first-order valence-electron chi connectivity index (χ1n) is 24.2. The summed E-state index contributed by atoms with van der Waals surface area (Å²) in [6.45, 7) is 27.9. The SMILES string of the molecule is C#CCCN(C)C1CC(C)OC(O[C@@H]2[C@@H](C)[C@H](C3C[C@@](C)(OC)C(OC(C)=O)C(C)O3)C(C)C(=O)OC(CC)[C@@](C)(O)C3CCC(=C)CO[C@]2(C)C[C@@H](C)/C(=N\OC(C)=O)C3C)[C@@H]1OC(C)=O. The van der Waals surface area contributed by atoms with Crippen LogP contribution in [0, 0.1) is 47.9 Å². The lowest BCUT2D eigenvalue weighted by Crippen LogP contribution is -2.63. The summed E-state index contributed by atoms with van der Waals surface area (Å²) < 4.78 is 52.8. The zero-order valence-electron chi connectivity index (χ0n) is 43.0. The first-order chi connectivity index (χ1) is 31.2. The number of hydrogen-bond donors (Lipinski definition) is 1. The largest absolute Gasteiger partial charge is 0.459 e. The van der Waals surface area contributed by atoms with Gasteiger partial charge in [-0.25, -0.2) is 4.79 Å². The molecule has 16 nitrogen and oxygen atoms in total. The molecular weight excluding hydrogens is 865 g/mol. The average molecular weight is 947 g/mol. The van der Waals surface area contributed by atoms with Gasteiger partial charge < -0.3 is 47.8 Å². The summed E-state index contributed by atoms with van der Waals surface area (Å²) in [5.41, 5.74) is -2.67. The van der Waals surface area contributed by atoms with Crippen LogP contribution in [0.1, 0.15) is 135 Å². The molecule has 0 amide bonds. The molecule has 0 saturated carbocycles. The summed E-state index contributed by atoms with van der Waals surface area (Å²) in [5, 5.41) is 17.3. The molecule has 4 saturated heterocycles. The van der Waals surface area contributed by atoms with Gasteiger partial charge in [-0.1, -0.05) is 51.9 Å². The van der Waals surface area contributed by atoms with Gasteiger partial charge in [0.2, 0.25) is 0 Å². The Labute approximate surface area is 399 Å². The maximum Gasteiger partial charge on any atom is 0.331 e. The van der Waals surface area contributed by atoms with Crippen LogP contribution in [0.5, 0.6) is 0 Å². The van der Waals surface area contributed by atoms with Gasteiger partial charge in [-0.2, -0.15) is 0 Å². The Morgan fingerprint density at radius 3 is 2.21 bits per heavy atom. The van der Waals surface area contributed by atoms with E-state index in [1.807, 2.05) is 62.4 Å². The Balaban J connectivity index is 2.09. The zero-order chi connectivity index (χ0) is 50.3. The van der Waals surface area contributed by atoms with Gasteiger partial charge >= 0.3 is 23.9 Å². The summed E-state index contributed by atoms with van der Waals surface area (Å²) in [6, 6.07) is -0.355. The molecule has 4 aliphatic rings. The molecule has 4 heterocycles. The lowest BCUT2D eigenvalue weighted by atomic mass is 9.66. The van der Waals surface area contributed by atoms with Gasteiger partial charge in [0.1, 0.15) is 17.3 Å².